The van der Waals surface area contributed by atoms with Crippen LogP contribution in [-0.4, -0.2) is 55.1 Å². The van der Waals surface area contributed by atoms with Crippen LogP contribution >= 0.6 is 23.2 Å². The number of benzene rings is 1. The van der Waals surface area contributed by atoms with Crippen LogP contribution in [0.2, 0.25) is 10.0 Å². The lowest BCUT2D eigenvalue weighted by Crippen LogP contribution is -2.44. The first kappa shape index (κ1) is 19.5. The first-order chi connectivity index (χ1) is 13.0. The van der Waals surface area contributed by atoms with E-state index in [-0.39, 0.29) is 11.9 Å². The molecule has 2 aliphatic carbocycles. The zero-order valence-electron chi connectivity index (χ0n) is 15.9. The summed E-state index contributed by atoms with van der Waals surface area (Å²) in [6, 6.07) is 6.20. The van der Waals surface area contributed by atoms with Crippen molar-refractivity contribution in [2.75, 3.05) is 33.4 Å². The van der Waals surface area contributed by atoms with Gasteiger partial charge in [-0.1, -0.05) is 29.3 Å². The lowest BCUT2D eigenvalue weighted by atomic mass is 9.99. The molecule has 3 aliphatic rings. The SMILES string of the molecule is CN(C(=O)C[C@H](c1ccc(Cl)c(Cl)c1)N1CCOCC1)C(C1CC1)C1CC1. The maximum atomic E-state index is 13.2. The van der Waals surface area contributed by atoms with Gasteiger partial charge in [-0.25, -0.2) is 0 Å². The lowest BCUT2D eigenvalue weighted by molar-refractivity contribution is -0.134. The minimum absolute atomic E-state index is 0.0117. The lowest BCUT2D eigenvalue weighted by Gasteiger charge is -2.36. The van der Waals surface area contributed by atoms with Gasteiger partial charge in [0.25, 0.3) is 0 Å². The average molecular weight is 411 g/mol. The van der Waals surface area contributed by atoms with Gasteiger partial charge in [-0.3, -0.25) is 9.69 Å². The van der Waals surface area contributed by atoms with Crippen molar-refractivity contribution in [2.24, 2.45) is 11.8 Å². The molecule has 6 heteroatoms. The van der Waals surface area contributed by atoms with Crippen LogP contribution in [0.3, 0.4) is 0 Å². The third-order valence-electron chi connectivity index (χ3n) is 6.23. The molecule has 1 saturated heterocycles. The number of nitrogens with zero attached hydrogens (tertiary/aromatic N) is 2. The molecule has 148 valence electrons. The Kier molecular flexibility index (Phi) is 5.98. The van der Waals surface area contributed by atoms with E-state index >= 15 is 0 Å². The van der Waals surface area contributed by atoms with E-state index in [1.54, 1.807) is 0 Å². The number of carbonyl (C=O) groups is 1. The van der Waals surface area contributed by atoms with Crippen LogP contribution in [0.25, 0.3) is 0 Å². The van der Waals surface area contributed by atoms with E-state index < -0.39 is 0 Å². The van der Waals surface area contributed by atoms with Crippen LogP contribution in [0.4, 0.5) is 0 Å². The molecule has 4 nitrogen and oxygen atoms in total. The van der Waals surface area contributed by atoms with Crippen molar-refractivity contribution in [1.82, 2.24) is 9.80 Å². The Morgan fingerprint density at radius 3 is 2.33 bits per heavy atom. The monoisotopic (exact) mass is 410 g/mol. The molecule has 0 aromatic heterocycles. The van der Waals surface area contributed by atoms with Gasteiger partial charge in [0.2, 0.25) is 5.91 Å². The summed E-state index contributed by atoms with van der Waals surface area (Å²) in [5, 5.41) is 1.09. The summed E-state index contributed by atoms with van der Waals surface area (Å²) in [6.45, 7) is 3.07. The second-order valence-corrected chi connectivity index (χ2v) is 9.03. The fourth-order valence-electron chi connectivity index (χ4n) is 4.44. The normalized spacial score (nSPS) is 22.1. The number of halogens is 2. The van der Waals surface area contributed by atoms with Crippen molar-refractivity contribution in [2.45, 2.75) is 44.2 Å². The summed E-state index contributed by atoms with van der Waals surface area (Å²) >= 11 is 12.4. The fourth-order valence-corrected chi connectivity index (χ4v) is 4.74. The van der Waals surface area contributed by atoms with E-state index in [1.807, 2.05) is 25.2 Å². The third-order valence-corrected chi connectivity index (χ3v) is 6.97. The maximum Gasteiger partial charge on any atom is 0.224 e. The van der Waals surface area contributed by atoms with Crippen molar-refractivity contribution in [3.8, 4) is 0 Å². The molecule has 1 amide bonds. The van der Waals surface area contributed by atoms with Gasteiger partial charge in [-0.15, -0.1) is 0 Å². The summed E-state index contributed by atoms with van der Waals surface area (Å²) in [5.41, 5.74) is 1.06. The third kappa shape index (κ3) is 4.61. The number of rotatable bonds is 7. The van der Waals surface area contributed by atoms with Crippen LogP contribution in [0.5, 0.6) is 0 Å². The van der Waals surface area contributed by atoms with Crippen LogP contribution in [0.15, 0.2) is 18.2 Å². The molecule has 1 aromatic rings. The second-order valence-electron chi connectivity index (χ2n) is 8.21. The van der Waals surface area contributed by atoms with Crippen LogP contribution < -0.4 is 0 Å². The molecule has 1 aromatic carbocycles. The Balaban J connectivity index is 1.52. The summed E-state index contributed by atoms with van der Waals surface area (Å²) < 4.78 is 5.51. The van der Waals surface area contributed by atoms with E-state index in [0.29, 0.717) is 35.7 Å². The van der Waals surface area contributed by atoms with Crippen LogP contribution in [0.1, 0.15) is 43.7 Å². The molecule has 0 spiro atoms. The molecule has 0 bridgehead atoms. The molecular formula is C21H28Cl2N2O2. The number of hydrogen-bond donors (Lipinski definition) is 0. The molecule has 0 unspecified atom stereocenters. The number of carbonyl (C=O) groups excluding carboxylic acids is 1. The fraction of sp³-hybridized carbons (Fsp3) is 0.667. The van der Waals surface area contributed by atoms with Crippen molar-refractivity contribution < 1.29 is 9.53 Å². The molecule has 4 rings (SSSR count). The van der Waals surface area contributed by atoms with Crippen molar-refractivity contribution >= 4 is 29.1 Å². The van der Waals surface area contributed by atoms with Crippen LogP contribution in [0, 0.1) is 11.8 Å². The van der Waals surface area contributed by atoms with Gasteiger partial charge >= 0.3 is 0 Å². The molecule has 2 saturated carbocycles. The molecular weight excluding hydrogens is 383 g/mol. The van der Waals surface area contributed by atoms with Gasteiger partial charge in [-0.2, -0.15) is 0 Å². The minimum Gasteiger partial charge on any atom is -0.379 e. The minimum atomic E-state index is 0.0117. The quantitative estimate of drug-likeness (QED) is 0.667. The predicted molar refractivity (Wildman–Crippen MR) is 108 cm³/mol. The topological polar surface area (TPSA) is 32.8 Å². The highest BCUT2D eigenvalue weighted by molar-refractivity contribution is 6.42. The van der Waals surface area contributed by atoms with Gasteiger partial charge in [0, 0.05) is 38.6 Å². The van der Waals surface area contributed by atoms with Gasteiger partial charge in [-0.05, 0) is 55.2 Å². The smallest absolute Gasteiger partial charge is 0.224 e. The first-order valence-corrected chi connectivity index (χ1v) is 10.8. The highest BCUT2D eigenvalue weighted by Crippen LogP contribution is 2.47. The van der Waals surface area contributed by atoms with Crippen LogP contribution in [-0.2, 0) is 9.53 Å². The Labute approximate surface area is 171 Å². The molecule has 3 fully saturated rings. The Morgan fingerprint density at radius 1 is 1.15 bits per heavy atom. The summed E-state index contributed by atoms with van der Waals surface area (Å²) in [6.07, 6.45) is 5.58. The summed E-state index contributed by atoms with van der Waals surface area (Å²) in [4.78, 5) is 17.6. The first-order valence-electron chi connectivity index (χ1n) is 10.1. The maximum absolute atomic E-state index is 13.2. The Bertz CT molecular complexity index is 673. The Hall–Kier alpha value is -0.810. The zero-order valence-corrected chi connectivity index (χ0v) is 17.4. The molecule has 27 heavy (non-hydrogen) atoms. The second kappa shape index (κ2) is 8.28. The van der Waals surface area contributed by atoms with Gasteiger partial charge in [0.1, 0.15) is 0 Å². The highest BCUT2D eigenvalue weighted by atomic mass is 35.5. The van der Waals surface area contributed by atoms with E-state index in [2.05, 4.69) is 9.80 Å². The molecule has 0 N–H and O–H groups in total. The highest BCUT2D eigenvalue weighted by Gasteiger charge is 2.45. The van der Waals surface area contributed by atoms with Gasteiger partial charge in [0.15, 0.2) is 0 Å². The van der Waals surface area contributed by atoms with E-state index in [9.17, 15) is 4.79 Å². The predicted octanol–water partition coefficient (Wildman–Crippen LogP) is 4.40. The Morgan fingerprint density at radius 2 is 1.78 bits per heavy atom. The molecule has 0 radical (unpaired) electrons. The molecule has 1 atom stereocenters. The number of morpholine rings is 1. The largest absolute Gasteiger partial charge is 0.379 e. The number of ether oxygens (including phenoxy) is 1. The van der Waals surface area contributed by atoms with E-state index in [1.165, 1.54) is 25.7 Å². The van der Waals surface area contributed by atoms with Crippen molar-refractivity contribution in [3.63, 3.8) is 0 Å². The number of amides is 1. The standard InChI is InChI=1S/C21H28Cl2N2O2/c1-24(21(14-2-3-14)15-4-5-15)20(26)13-19(25-8-10-27-11-9-25)16-6-7-17(22)18(23)12-16/h6-7,12,14-15,19,21H,2-5,8-11,13H2,1H3/t19-/m1/s1. The zero-order chi connectivity index (χ0) is 19.0. The average Bonchev–Trinajstić information content (AvgIpc) is 3.58. The molecule has 1 aliphatic heterocycles. The summed E-state index contributed by atoms with van der Waals surface area (Å²) in [7, 11) is 2.01. The van der Waals surface area contributed by atoms with Crippen molar-refractivity contribution in [3.05, 3.63) is 33.8 Å². The number of hydrogen-bond acceptors (Lipinski definition) is 3. The molecule has 1 heterocycles. The van der Waals surface area contributed by atoms with E-state index in [0.717, 1.165) is 30.5 Å². The van der Waals surface area contributed by atoms with Gasteiger partial charge < -0.3 is 9.64 Å². The summed E-state index contributed by atoms with van der Waals surface area (Å²) in [5.74, 6) is 1.68. The van der Waals surface area contributed by atoms with E-state index in [4.69, 9.17) is 27.9 Å². The van der Waals surface area contributed by atoms with Gasteiger partial charge in [0.05, 0.1) is 23.3 Å². The van der Waals surface area contributed by atoms with Crippen molar-refractivity contribution in [1.29, 1.82) is 0 Å².